The predicted molar refractivity (Wildman–Crippen MR) is 129 cm³/mol. The van der Waals surface area contributed by atoms with Gasteiger partial charge in [-0.15, -0.1) is 0 Å². The van der Waals surface area contributed by atoms with E-state index in [0.717, 1.165) is 22.3 Å². The van der Waals surface area contributed by atoms with Gasteiger partial charge in [-0.2, -0.15) is 0 Å². The van der Waals surface area contributed by atoms with Crippen LogP contribution in [0.2, 0.25) is 0 Å². The molecule has 1 N–H and O–H groups in total. The summed E-state index contributed by atoms with van der Waals surface area (Å²) in [7, 11) is 0. The smallest absolute Gasteiger partial charge is 0.143 e. The molecular formula is C30H26O2. The minimum Gasteiger partial charge on any atom is -0.390 e. The molecule has 0 saturated heterocycles. The number of rotatable bonds is 7. The molecule has 4 aromatic carbocycles. The van der Waals surface area contributed by atoms with Crippen molar-refractivity contribution in [1.29, 1.82) is 0 Å². The van der Waals surface area contributed by atoms with Gasteiger partial charge in [-0.25, -0.2) is 0 Å². The average molecular weight is 419 g/mol. The molecule has 0 aliphatic heterocycles. The summed E-state index contributed by atoms with van der Waals surface area (Å²) in [5.74, 6) is 6.18. The lowest BCUT2D eigenvalue weighted by molar-refractivity contribution is -0.0362. The molecule has 2 heteroatoms. The molecule has 4 rings (SSSR count). The first-order valence-corrected chi connectivity index (χ1v) is 10.8. The largest absolute Gasteiger partial charge is 0.390 e. The Morgan fingerprint density at radius 3 is 1.47 bits per heavy atom. The van der Waals surface area contributed by atoms with E-state index in [2.05, 4.69) is 48.2 Å². The molecule has 1 atom stereocenters. The summed E-state index contributed by atoms with van der Waals surface area (Å²) in [4.78, 5) is 0. The number of hydrogen-bond acceptors (Lipinski definition) is 2. The third kappa shape index (κ3) is 4.98. The Morgan fingerprint density at radius 2 is 1.03 bits per heavy atom. The zero-order valence-corrected chi connectivity index (χ0v) is 17.9. The summed E-state index contributed by atoms with van der Waals surface area (Å²) in [6, 6.07) is 40.3. The molecule has 0 aliphatic rings. The van der Waals surface area contributed by atoms with E-state index >= 15 is 0 Å². The number of hydrogen-bond donors (Lipinski definition) is 1. The lowest BCUT2D eigenvalue weighted by Crippen LogP contribution is -2.35. The Balaban J connectivity index is 1.65. The number of ether oxygens (including phenoxy) is 1. The molecular weight excluding hydrogens is 392 g/mol. The van der Waals surface area contributed by atoms with Crippen molar-refractivity contribution in [3.63, 3.8) is 0 Å². The van der Waals surface area contributed by atoms with Crippen LogP contribution in [0, 0.1) is 11.8 Å². The van der Waals surface area contributed by atoms with Crippen LogP contribution in [0.4, 0.5) is 0 Å². The van der Waals surface area contributed by atoms with Crippen molar-refractivity contribution in [2.75, 3.05) is 6.61 Å². The van der Waals surface area contributed by atoms with E-state index < -0.39 is 11.7 Å². The molecule has 0 bridgehead atoms. The third-order valence-electron chi connectivity index (χ3n) is 5.38. The van der Waals surface area contributed by atoms with Crippen LogP contribution in [0.5, 0.6) is 0 Å². The van der Waals surface area contributed by atoms with Gasteiger partial charge in [-0.05, 0) is 28.8 Å². The fourth-order valence-electron chi connectivity index (χ4n) is 3.84. The standard InChI is InChI=1S/C30H26O2/c31-29(23-13-16-25-14-5-1-6-15-25)24-32-30(26-17-7-2-8-18-26,27-19-9-3-10-20-27)28-21-11-4-12-22-28/h1-12,14-15,17-22,29,31H,23-24H2. The fourth-order valence-corrected chi connectivity index (χ4v) is 3.84. The van der Waals surface area contributed by atoms with Gasteiger partial charge in [-0.3, -0.25) is 0 Å². The van der Waals surface area contributed by atoms with E-state index in [1.807, 2.05) is 84.9 Å². The van der Waals surface area contributed by atoms with Gasteiger partial charge in [0.25, 0.3) is 0 Å². The molecule has 0 fully saturated rings. The maximum absolute atomic E-state index is 10.7. The van der Waals surface area contributed by atoms with E-state index in [1.165, 1.54) is 0 Å². The SMILES string of the molecule is OC(CC#Cc1ccccc1)COC(c1ccccc1)(c1ccccc1)c1ccccc1. The molecule has 4 aromatic rings. The van der Waals surface area contributed by atoms with Crippen LogP contribution >= 0.6 is 0 Å². The molecule has 0 heterocycles. The predicted octanol–water partition coefficient (Wildman–Crippen LogP) is 5.80. The van der Waals surface area contributed by atoms with E-state index in [-0.39, 0.29) is 6.61 Å². The van der Waals surface area contributed by atoms with Crippen LogP contribution < -0.4 is 0 Å². The highest BCUT2D eigenvalue weighted by molar-refractivity contribution is 5.47. The van der Waals surface area contributed by atoms with E-state index in [9.17, 15) is 5.11 Å². The zero-order chi connectivity index (χ0) is 22.1. The van der Waals surface area contributed by atoms with Gasteiger partial charge < -0.3 is 9.84 Å². The van der Waals surface area contributed by atoms with Crippen LogP contribution in [0.1, 0.15) is 28.7 Å². The second kappa shape index (κ2) is 10.6. The average Bonchev–Trinajstić information content (AvgIpc) is 2.87. The van der Waals surface area contributed by atoms with Gasteiger partial charge in [0.15, 0.2) is 0 Å². The molecule has 0 aliphatic carbocycles. The highest BCUT2D eigenvalue weighted by atomic mass is 16.5. The number of benzene rings is 4. The first kappa shape index (κ1) is 21.6. The minimum absolute atomic E-state index is 0.155. The molecule has 0 aromatic heterocycles. The van der Waals surface area contributed by atoms with Gasteiger partial charge in [0.05, 0.1) is 12.7 Å². The van der Waals surface area contributed by atoms with Crippen LogP contribution in [0.15, 0.2) is 121 Å². The highest BCUT2D eigenvalue weighted by Crippen LogP contribution is 2.40. The van der Waals surface area contributed by atoms with Crippen LogP contribution in [-0.2, 0) is 10.3 Å². The Labute approximate surface area is 190 Å². The topological polar surface area (TPSA) is 29.5 Å². The van der Waals surface area contributed by atoms with E-state index in [0.29, 0.717) is 6.42 Å². The summed E-state index contributed by atoms with van der Waals surface area (Å²) in [6.07, 6.45) is -0.370. The number of aliphatic hydroxyl groups excluding tert-OH is 1. The summed E-state index contributed by atoms with van der Waals surface area (Å²) >= 11 is 0. The summed E-state index contributed by atoms with van der Waals surface area (Å²) < 4.78 is 6.63. The van der Waals surface area contributed by atoms with Gasteiger partial charge >= 0.3 is 0 Å². The fraction of sp³-hybridized carbons (Fsp3) is 0.133. The maximum Gasteiger partial charge on any atom is 0.143 e. The quantitative estimate of drug-likeness (QED) is 0.304. The van der Waals surface area contributed by atoms with Crippen molar-refractivity contribution >= 4 is 0 Å². The molecule has 0 amide bonds. The summed E-state index contributed by atoms with van der Waals surface area (Å²) in [5.41, 5.74) is 3.14. The molecule has 0 radical (unpaired) electrons. The van der Waals surface area contributed by atoms with Crippen LogP contribution in [-0.4, -0.2) is 17.8 Å². The Morgan fingerprint density at radius 1 is 0.625 bits per heavy atom. The van der Waals surface area contributed by atoms with Crippen molar-refractivity contribution in [2.24, 2.45) is 0 Å². The van der Waals surface area contributed by atoms with Crippen molar-refractivity contribution in [3.8, 4) is 11.8 Å². The van der Waals surface area contributed by atoms with Gasteiger partial charge in [0, 0.05) is 12.0 Å². The molecule has 1 unspecified atom stereocenters. The second-order valence-corrected chi connectivity index (χ2v) is 7.62. The van der Waals surface area contributed by atoms with Crippen molar-refractivity contribution < 1.29 is 9.84 Å². The monoisotopic (exact) mass is 418 g/mol. The highest BCUT2D eigenvalue weighted by Gasteiger charge is 2.37. The third-order valence-corrected chi connectivity index (χ3v) is 5.38. The molecule has 158 valence electrons. The van der Waals surface area contributed by atoms with E-state index in [4.69, 9.17) is 4.74 Å². The van der Waals surface area contributed by atoms with Gasteiger partial charge in [0.2, 0.25) is 0 Å². The first-order chi connectivity index (χ1) is 15.8. The molecule has 2 nitrogen and oxygen atoms in total. The van der Waals surface area contributed by atoms with Crippen LogP contribution in [0.3, 0.4) is 0 Å². The maximum atomic E-state index is 10.7. The zero-order valence-electron chi connectivity index (χ0n) is 17.9. The minimum atomic E-state index is -0.836. The Hall–Kier alpha value is -3.64. The number of aliphatic hydroxyl groups is 1. The van der Waals surface area contributed by atoms with Gasteiger partial charge in [0.1, 0.15) is 5.60 Å². The van der Waals surface area contributed by atoms with Crippen molar-refractivity contribution in [1.82, 2.24) is 0 Å². The van der Waals surface area contributed by atoms with Crippen molar-refractivity contribution in [3.05, 3.63) is 144 Å². The van der Waals surface area contributed by atoms with Crippen molar-refractivity contribution in [2.45, 2.75) is 18.1 Å². The Kier molecular flexibility index (Phi) is 7.15. The molecule has 0 spiro atoms. The lowest BCUT2D eigenvalue weighted by Gasteiger charge is -2.36. The lowest BCUT2D eigenvalue weighted by atomic mass is 9.80. The molecule has 32 heavy (non-hydrogen) atoms. The summed E-state index contributed by atoms with van der Waals surface area (Å²) in [6.45, 7) is 0.155. The Bertz CT molecular complexity index is 1050. The second-order valence-electron chi connectivity index (χ2n) is 7.62. The summed E-state index contributed by atoms with van der Waals surface area (Å²) in [5, 5.41) is 10.7. The van der Waals surface area contributed by atoms with Gasteiger partial charge in [-0.1, -0.05) is 121 Å². The van der Waals surface area contributed by atoms with Crippen LogP contribution in [0.25, 0.3) is 0 Å². The molecule has 0 saturated carbocycles. The van der Waals surface area contributed by atoms with E-state index in [1.54, 1.807) is 0 Å². The first-order valence-electron chi connectivity index (χ1n) is 10.8. The normalized spacial score (nSPS) is 11.9.